The first-order valence-electron chi connectivity index (χ1n) is 8.44. The normalized spacial score (nSPS) is 18.2. The molecule has 7 nitrogen and oxygen atoms in total. The Bertz CT molecular complexity index is 609. The molecule has 1 aliphatic heterocycles. The van der Waals surface area contributed by atoms with Crippen LogP contribution in [0, 0.1) is 19.8 Å². The molecule has 0 radical (unpaired) electrons. The number of nitrogens with zero attached hydrogens (tertiary/aromatic N) is 3. The van der Waals surface area contributed by atoms with Crippen LogP contribution < -0.4 is 0 Å². The van der Waals surface area contributed by atoms with Crippen LogP contribution in [-0.2, 0) is 27.3 Å². The van der Waals surface area contributed by atoms with Crippen LogP contribution in [0.1, 0.15) is 37.2 Å². The van der Waals surface area contributed by atoms with Crippen LogP contribution in [0.4, 0.5) is 0 Å². The first-order chi connectivity index (χ1) is 11.3. The van der Waals surface area contributed by atoms with Gasteiger partial charge in [-0.3, -0.25) is 9.48 Å². The highest BCUT2D eigenvalue weighted by Gasteiger charge is 2.32. The molecule has 1 saturated heterocycles. The van der Waals surface area contributed by atoms with E-state index in [2.05, 4.69) is 18.9 Å². The van der Waals surface area contributed by atoms with Crippen molar-refractivity contribution >= 4 is 11.9 Å². The van der Waals surface area contributed by atoms with Gasteiger partial charge in [-0.05, 0) is 31.7 Å². The van der Waals surface area contributed by atoms with Crippen molar-refractivity contribution in [2.24, 2.45) is 5.92 Å². The quantitative estimate of drug-likeness (QED) is 0.848. The second-order valence-electron chi connectivity index (χ2n) is 6.74. The first kappa shape index (κ1) is 18.4. The van der Waals surface area contributed by atoms with Gasteiger partial charge in [0.25, 0.3) is 0 Å². The second kappa shape index (κ2) is 7.79. The molecule has 2 rings (SSSR count). The molecule has 24 heavy (non-hydrogen) atoms. The molecule has 1 N–H and O–H groups in total. The Hall–Kier alpha value is -1.89. The molecule has 0 bridgehead atoms. The summed E-state index contributed by atoms with van der Waals surface area (Å²) in [6, 6.07) is -0.878. The lowest BCUT2D eigenvalue weighted by Crippen LogP contribution is -2.52. The SMILES string of the molecule is Cc1nn(CC(C)C)c(C)c1CCC(=O)N1CCOC[C@@H]1C(=O)O. The van der Waals surface area contributed by atoms with E-state index < -0.39 is 12.0 Å². The molecule has 0 aliphatic carbocycles. The molecule has 7 heteroatoms. The molecule has 0 saturated carbocycles. The van der Waals surface area contributed by atoms with Gasteiger partial charge in [0, 0.05) is 25.2 Å². The number of hydrogen-bond donors (Lipinski definition) is 1. The van der Waals surface area contributed by atoms with E-state index in [1.165, 1.54) is 4.90 Å². The zero-order valence-electron chi connectivity index (χ0n) is 14.9. The van der Waals surface area contributed by atoms with Crippen molar-refractivity contribution in [2.75, 3.05) is 19.8 Å². The van der Waals surface area contributed by atoms with Crippen molar-refractivity contribution < 1.29 is 19.4 Å². The van der Waals surface area contributed by atoms with Gasteiger partial charge in [0.15, 0.2) is 6.04 Å². The third kappa shape index (κ3) is 4.14. The number of carboxylic acids is 1. The summed E-state index contributed by atoms with van der Waals surface area (Å²) in [7, 11) is 0. The minimum atomic E-state index is -1.01. The number of amides is 1. The van der Waals surface area contributed by atoms with Crippen LogP contribution in [-0.4, -0.2) is 57.5 Å². The van der Waals surface area contributed by atoms with Crippen LogP contribution >= 0.6 is 0 Å². The summed E-state index contributed by atoms with van der Waals surface area (Å²) in [5.74, 6) is -0.650. The van der Waals surface area contributed by atoms with Gasteiger partial charge < -0.3 is 14.7 Å². The number of morpholine rings is 1. The molecule has 1 aromatic heterocycles. The van der Waals surface area contributed by atoms with E-state index in [-0.39, 0.29) is 12.5 Å². The maximum atomic E-state index is 12.5. The topological polar surface area (TPSA) is 84.7 Å². The fourth-order valence-electron chi connectivity index (χ4n) is 3.10. The maximum Gasteiger partial charge on any atom is 0.328 e. The predicted molar refractivity (Wildman–Crippen MR) is 88.8 cm³/mol. The number of carbonyl (C=O) groups is 2. The zero-order chi connectivity index (χ0) is 17.9. The van der Waals surface area contributed by atoms with Crippen LogP contribution in [0.5, 0.6) is 0 Å². The van der Waals surface area contributed by atoms with Gasteiger partial charge in [0.1, 0.15) is 0 Å². The van der Waals surface area contributed by atoms with E-state index in [4.69, 9.17) is 4.74 Å². The standard InChI is InChI=1S/C17H27N3O4/c1-11(2)9-20-13(4)14(12(3)18-20)5-6-16(21)19-7-8-24-10-15(19)17(22)23/h11,15H,5-10H2,1-4H3,(H,22,23)/t15-/m1/s1. The Labute approximate surface area is 142 Å². The van der Waals surface area contributed by atoms with Gasteiger partial charge in [-0.25, -0.2) is 4.79 Å². The van der Waals surface area contributed by atoms with Crippen LogP contribution in [0.15, 0.2) is 0 Å². The lowest BCUT2D eigenvalue weighted by Gasteiger charge is -2.32. The molecule has 0 aromatic carbocycles. The summed E-state index contributed by atoms with van der Waals surface area (Å²) < 4.78 is 7.17. The highest BCUT2D eigenvalue weighted by Crippen LogP contribution is 2.18. The number of aryl methyl sites for hydroxylation is 1. The van der Waals surface area contributed by atoms with Gasteiger partial charge in [0.2, 0.25) is 5.91 Å². The largest absolute Gasteiger partial charge is 0.480 e. The summed E-state index contributed by atoms with van der Waals surface area (Å²) in [6.45, 7) is 9.90. The second-order valence-corrected chi connectivity index (χ2v) is 6.74. The van der Waals surface area contributed by atoms with Crippen molar-refractivity contribution in [3.63, 3.8) is 0 Å². The van der Waals surface area contributed by atoms with Crippen LogP contribution in [0.2, 0.25) is 0 Å². The number of aromatic nitrogens is 2. The van der Waals surface area contributed by atoms with E-state index in [0.29, 0.717) is 31.9 Å². The number of ether oxygens (including phenoxy) is 1. The lowest BCUT2D eigenvalue weighted by molar-refractivity contribution is -0.158. The zero-order valence-corrected chi connectivity index (χ0v) is 14.9. The third-order valence-electron chi connectivity index (χ3n) is 4.39. The summed E-state index contributed by atoms with van der Waals surface area (Å²) in [5, 5.41) is 13.8. The first-order valence-corrected chi connectivity index (χ1v) is 8.44. The van der Waals surface area contributed by atoms with Crippen molar-refractivity contribution in [1.29, 1.82) is 0 Å². The predicted octanol–water partition coefficient (Wildman–Crippen LogP) is 1.40. The minimum absolute atomic E-state index is 0.0610. The van der Waals surface area contributed by atoms with Crippen molar-refractivity contribution in [1.82, 2.24) is 14.7 Å². The molecular weight excluding hydrogens is 310 g/mol. The highest BCUT2D eigenvalue weighted by atomic mass is 16.5. The van der Waals surface area contributed by atoms with Gasteiger partial charge in [0.05, 0.1) is 18.9 Å². The summed E-state index contributed by atoms with van der Waals surface area (Å²) >= 11 is 0. The Morgan fingerprint density at radius 3 is 2.71 bits per heavy atom. The molecule has 2 heterocycles. The number of aliphatic carboxylic acids is 1. The Morgan fingerprint density at radius 2 is 2.08 bits per heavy atom. The molecule has 1 fully saturated rings. The van der Waals surface area contributed by atoms with Gasteiger partial charge in [-0.1, -0.05) is 13.8 Å². The molecule has 1 atom stereocenters. The van der Waals surface area contributed by atoms with Gasteiger partial charge in [-0.15, -0.1) is 0 Å². The Morgan fingerprint density at radius 1 is 1.38 bits per heavy atom. The van der Waals surface area contributed by atoms with Crippen molar-refractivity contribution in [2.45, 2.75) is 53.1 Å². The van der Waals surface area contributed by atoms with Crippen LogP contribution in [0.3, 0.4) is 0 Å². The monoisotopic (exact) mass is 337 g/mol. The fraction of sp³-hybridized carbons (Fsp3) is 0.706. The third-order valence-corrected chi connectivity index (χ3v) is 4.39. The lowest BCUT2D eigenvalue weighted by atomic mass is 10.1. The van der Waals surface area contributed by atoms with Gasteiger partial charge >= 0.3 is 5.97 Å². The molecule has 134 valence electrons. The van der Waals surface area contributed by atoms with E-state index in [1.807, 2.05) is 18.5 Å². The number of rotatable bonds is 6. The Balaban J connectivity index is 2.03. The summed E-state index contributed by atoms with van der Waals surface area (Å²) in [4.78, 5) is 25.2. The maximum absolute atomic E-state index is 12.5. The van der Waals surface area contributed by atoms with Crippen molar-refractivity contribution in [3.8, 4) is 0 Å². The molecule has 0 unspecified atom stereocenters. The average Bonchev–Trinajstić information content (AvgIpc) is 2.78. The van der Waals surface area contributed by atoms with E-state index in [1.54, 1.807) is 0 Å². The fourth-order valence-corrected chi connectivity index (χ4v) is 3.10. The van der Waals surface area contributed by atoms with E-state index in [0.717, 1.165) is 23.5 Å². The molecule has 1 aliphatic rings. The van der Waals surface area contributed by atoms with Gasteiger partial charge in [-0.2, -0.15) is 5.10 Å². The molecular formula is C17H27N3O4. The summed E-state index contributed by atoms with van der Waals surface area (Å²) in [6.07, 6.45) is 0.872. The van der Waals surface area contributed by atoms with E-state index in [9.17, 15) is 14.7 Å². The van der Waals surface area contributed by atoms with Crippen molar-refractivity contribution in [3.05, 3.63) is 17.0 Å². The smallest absolute Gasteiger partial charge is 0.328 e. The van der Waals surface area contributed by atoms with E-state index >= 15 is 0 Å². The molecule has 0 spiro atoms. The molecule has 1 aromatic rings. The number of carbonyl (C=O) groups excluding carboxylic acids is 1. The molecule has 1 amide bonds. The number of hydrogen-bond acceptors (Lipinski definition) is 4. The minimum Gasteiger partial charge on any atom is -0.480 e. The highest BCUT2D eigenvalue weighted by molar-refractivity contribution is 5.84. The Kier molecular flexibility index (Phi) is 5.99. The van der Waals surface area contributed by atoms with Crippen LogP contribution in [0.25, 0.3) is 0 Å². The summed E-state index contributed by atoms with van der Waals surface area (Å²) in [5.41, 5.74) is 3.12. The number of carboxylic acid groups (broad SMARTS) is 1. The average molecular weight is 337 g/mol.